The number of amides is 1. The molecule has 32 heavy (non-hydrogen) atoms. The quantitative estimate of drug-likeness (QED) is 0.376. The van der Waals surface area contributed by atoms with Crippen LogP contribution in [0.1, 0.15) is 5.56 Å². The van der Waals surface area contributed by atoms with Gasteiger partial charge in [-0.15, -0.1) is 21.5 Å². The van der Waals surface area contributed by atoms with Gasteiger partial charge in [0, 0.05) is 22.2 Å². The lowest BCUT2D eigenvalue weighted by Gasteiger charge is -2.05. The minimum absolute atomic E-state index is 0.0762. The number of rotatable bonds is 6. The molecular formula is C21H15ClN4O4S2. The van der Waals surface area contributed by atoms with Gasteiger partial charge in [0.2, 0.25) is 12.7 Å². The molecule has 2 aromatic heterocycles. The molecule has 0 saturated carbocycles. The lowest BCUT2D eigenvalue weighted by atomic mass is 10.2. The number of fused-ring (bicyclic) bond motifs is 1. The second kappa shape index (κ2) is 9.19. The predicted molar refractivity (Wildman–Crippen MR) is 120 cm³/mol. The van der Waals surface area contributed by atoms with Gasteiger partial charge in [-0.2, -0.15) is 4.99 Å². The molecule has 2 aromatic carbocycles. The molecule has 1 amide bonds. The van der Waals surface area contributed by atoms with Gasteiger partial charge in [0.25, 0.3) is 11.1 Å². The Labute approximate surface area is 195 Å². The largest absolute Gasteiger partial charge is 0.454 e. The fourth-order valence-electron chi connectivity index (χ4n) is 2.99. The molecule has 162 valence electrons. The number of thiazole rings is 1. The van der Waals surface area contributed by atoms with Crippen LogP contribution in [0.3, 0.4) is 0 Å². The molecule has 0 atom stereocenters. The van der Waals surface area contributed by atoms with Crippen molar-refractivity contribution in [2.24, 2.45) is 4.99 Å². The normalized spacial score (nSPS) is 13.0. The van der Waals surface area contributed by atoms with Gasteiger partial charge in [-0.05, 0) is 29.8 Å². The smallest absolute Gasteiger partial charge is 0.277 e. The number of aromatic nitrogens is 3. The highest BCUT2D eigenvalue weighted by atomic mass is 35.5. The van der Waals surface area contributed by atoms with E-state index >= 15 is 0 Å². The van der Waals surface area contributed by atoms with Gasteiger partial charge in [-0.1, -0.05) is 41.6 Å². The molecule has 0 unspecified atom stereocenters. The monoisotopic (exact) mass is 486 g/mol. The van der Waals surface area contributed by atoms with E-state index in [1.807, 2.05) is 46.5 Å². The molecule has 4 aromatic rings. The van der Waals surface area contributed by atoms with Gasteiger partial charge in [-0.3, -0.25) is 4.79 Å². The van der Waals surface area contributed by atoms with Crippen LogP contribution < -0.4 is 14.3 Å². The maximum atomic E-state index is 12.4. The second-order valence-electron chi connectivity index (χ2n) is 6.64. The van der Waals surface area contributed by atoms with Crippen LogP contribution in [-0.4, -0.2) is 33.2 Å². The Hall–Kier alpha value is -3.08. The minimum Gasteiger partial charge on any atom is -0.454 e. The van der Waals surface area contributed by atoms with Crippen LogP contribution in [0, 0.1) is 0 Å². The number of carbonyl (C=O) groups is 1. The third-order valence-corrected chi connectivity index (χ3v) is 6.49. The number of nitrogens with zero attached hydrogens (tertiary/aromatic N) is 4. The first-order valence-corrected chi connectivity index (χ1v) is 11.7. The van der Waals surface area contributed by atoms with Crippen LogP contribution in [0.5, 0.6) is 11.5 Å². The van der Waals surface area contributed by atoms with Gasteiger partial charge in [0.05, 0.1) is 12.3 Å². The fourth-order valence-corrected chi connectivity index (χ4v) is 4.48. The number of benzene rings is 2. The Balaban J connectivity index is 1.24. The first-order chi connectivity index (χ1) is 15.7. The highest BCUT2D eigenvalue weighted by Gasteiger charge is 2.17. The average Bonchev–Trinajstić information content (AvgIpc) is 3.55. The van der Waals surface area contributed by atoms with E-state index in [4.69, 9.17) is 25.5 Å². The summed E-state index contributed by atoms with van der Waals surface area (Å²) in [6.07, 6.45) is 1.88. The molecule has 0 fully saturated rings. The van der Waals surface area contributed by atoms with Crippen molar-refractivity contribution in [2.45, 2.75) is 11.8 Å². The molecule has 11 heteroatoms. The van der Waals surface area contributed by atoms with Crippen molar-refractivity contribution in [2.75, 3.05) is 12.5 Å². The highest BCUT2D eigenvalue weighted by molar-refractivity contribution is 7.99. The van der Waals surface area contributed by atoms with Crippen LogP contribution in [0.15, 0.2) is 68.7 Å². The van der Waals surface area contributed by atoms with E-state index in [0.717, 1.165) is 17.3 Å². The lowest BCUT2D eigenvalue weighted by molar-refractivity contribution is -0.115. The van der Waals surface area contributed by atoms with Crippen molar-refractivity contribution < 1.29 is 18.7 Å². The van der Waals surface area contributed by atoms with Crippen LogP contribution in [-0.2, 0) is 11.3 Å². The Bertz CT molecular complexity index is 1350. The number of carbonyl (C=O) groups excluding carboxylic acids is 1. The molecule has 8 nitrogen and oxygen atoms in total. The summed E-state index contributed by atoms with van der Waals surface area (Å²) in [5, 5.41) is 10.9. The number of hydrogen-bond donors (Lipinski definition) is 0. The number of ether oxygens (including phenoxy) is 2. The molecule has 0 N–H and O–H groups in total. The molecule has 0 saturated heterocycles. The first kappa shape index (κ1) is 20.8. The van der Waals surface area contributed by atoms with Crippen molar-refractivity contribution in [3.05, 3.63) is 69.4 Å². The Morgan fingerprint density at radius 2 is 2.06 bits per heavy atom. The van der Waals surface area contributed by atoms with Gasteiger partial charge < -0.3 is 18.5 Å². The van der Waals surface area contributed by atoms with Crippen LogP contribution >= 0.6 is 34.7 Å². The minimum atomic E-state index is -0.298. The number of hydrogen-bond acceptors (Lipinski definition) is 8. The summed E-state index contributed by atoms with van der Waals surface area (Å²) in [5.41, 5.74) is 1.67. The lowest BCUT2D eigenvalue weighted by Crippen LogP contribution is -2.17. The molecule has 5 rings (SSSR count). The molecule has 0 radical (unpaired) electrons. The first-order valence-electron chi connectivity index (χ1n) is 9.47. The molecule has 0 bridgehead atoms. The Kier molecular flexibility index (Phi) is 5.97. The van der Waals surface area contributed by atoms with Gasteiger partial charge >= 0.3 is 0 Å². The van der Waals surface area contributed by atoms with E-state index < -0.39 is 0 Å². The average molecular weight is 487 g/mol. The van der Waals surface area contributed by atoms with Crippen LogP contribution in [0.25, 0.3) is 11.5 Å². The summed E-state index contributed by atoms with van der Waals surface area (Å²) in [4.78, 5) is 17.2. The van der Waals surface area contributed by atoms with E-state index in [9.17, 15) is 4.79 Å². The fraction of sp³-hybridized carbons (Fsp3) is 0.143. The van der Waals surface area contributed by atoms with Gasteiger partial charge in [-0.25, -0.2) is 0 Å². The van der Waals surface area contributed by atoms with Crippen molar-refractivity contribution in [1.82, 2.24) is 14.8 Å². The molecular weight excluding hydrogens is 472 g/mol. The SMILES string of the molecule is O=C(CSc1nnc(-c2ccc3c(c2)OCO3)o1)N=c1sccn1Cc1ccccc1Cl. The second-order valence-corrected chi connectivity index (χ2v) is 8.85. The van der Waals surface area contributed by atoms with Crippen LogP contribution in [0.4, 0.5) is 0 Å². The molecule has 1 aliphatic heterocycles. The molecule has 1 aliphatic rings. The zero-order chi connectivity index (χ0) is 21.9. The number of halogens is 1. The zero-order valence-corrected chi connectivity index (χ0v) is 18.8. The maximum absolute atomic E-state index is 12.4. The van der Waals surface area contributed by atoms with Gasteiger partial charge in [0.1, 0.15) is 0 Å². The van der Waals surface area contributed by atoms with E-state index in [0.29, 0.717) is 39.3 Å². The van der Waals surface area contributed by atoms with Crippen LogP contribution in [0.2, 0.25) is 5.02 Å². The molecule has 0 spiro atoms. The van der Waals surface area contributed by atoms with Crippen molar-refractivity contribution >= 4 is 40.6 Å². The van der Waals surface area contributed by atoms with E-state index in [1.165, 1.54) is 11.3 Å². The Morgan fingerprint density at radius 3 is 2.97 bits per heavy atom. The summed E-state index contributed by atoms with van der Waals surface area (Å²) in [5.74, 6) is 1.42. The standard InChI is InChI=1S/C21H15ClN4O4S2/c22-15-4-2-1-3-14(15)10-26-7-8-31-20(26)23-18(27)11-32-21-25-24-19(30-21)13-5-6-16-17(9-13)29-12-28-16/h1-9H,10-12H2. The van der Waals surface area contributed by atoms with Crippen molar-refractivity contribution in [3.63, 3.8) is 0 Å². The third kappa shape index (κ3) is 4.57. The molecule has 3 heterocycles. The predicted octanol–water partition coefficient (Wildman–Crippen LogP) is 4.25. The van der Waals surface area contributed by atoms with Crippen molar-refractivity contribution in [3.8, 4) is 23.0 Å². The number of thioether (sulfide) groups is 1. The summed E-state index contributed by atoms with van der Waals surface area (Å²) >= 11 is 8.77. The van der Waals surface area contributed by atoms with E-state index in [1.54, 1.807) is 12.1 Å². The van der Waals surface area contributed by atoms with E-state index in [-0.39, 0.29) is 23.7 Å². The Morgan fingerprint density at radius 1 is 1.19 bits per heavy atom. The highest BCUT2D eigenvalue weighted by Crippen LogP contribution is 2.36. The van der Waals surface area contributed by atoms with Crippen molar-refractivity contribution in [1.29, 1.82) is 0 Å². The summed E-state index contributed by atoms with van der Waals surface area (Å²) in [6, 6.07) is 13.0. The summed E-state index contributed by atoms with van der Waals surface area (Å²) < 4.78 is 18.2. The maximum Gasteiger partial charge on any atom is 0.277 e. The van der Waals surface area contributed by atoms with Gasteiger partial charge in [0.15, 0.2) is 16.3 Å². The van der Waals surface area contributed by atoms with E-state index in [2.05, 4.69) is 15.2 Å². The summed E-state index contributed by atoms with van der Waals surface area (Å²) in [6.45, 7) is 0.725. The summed E-state index contributed by atoms with van der Waals surface area (Å²) in [7, 11) is 0. The zero-order valence-electron chi connectivity index (χ0n) is 16.4. The topological polar surface area (TPSA) is 91.7 Å². The molecule has 0 aliphatic carbocycles. The third-order valence-electron chi connectivity index (χ3n) is 4.52.